The van der Waals surface area contributed by atoms with E-state index in [0.717, 1.165) is 0 Å². The lowest BCUT2D eigenvalue weighted by atomic mass is 10.0. The lowest BCUT2D eigenvalue weighted by Crippen LogP contribution is -1.95. The first-order chi connectivity index (χ1) is 9.60. The largest absolute Gasteiger partial charge is 0.493 e. The van der Waals surface area contributed by atoms with Gasteiger partial charge in [0.1, 0.15) is 12.4 Å². The van der Waals surface area contributed by atoms with Gasteiger partial charge in [-0.15, -0.1) is 0 Å². The molecule has 1 aromatic carbocycles. The van der Waals surface area contributed by atoms with Crippen LogP contribution >= 0.6 is 0 Å². The number of halogens is 1. The first kappa shape index (κ1) is 13.9. The van der Waals surface area contributed by atoms with E-state index in [1.807, 2.05) is 0 Å². The van der Waals surface area contributed by atoms with E-state index in [4.69, 9.17) is 14.6 Å². The second-order valence-corrected chi connectivity index (χ2v) is 3.88. The van der Waals surface area contributed by atoms with E-state index in [1.54, 1.807) is 0 Å². The van der Waals surface area contributed by atoms with Crippen LogP contribution in [-0.4, -0.2) is 30.5 Å². The molecule has 0 saturated carbocycles. The number of ether oxygens (including phenoxy) is 2. The summed E-state index contributed by atoms with van der Waals surface area (Å²) in [6.45, 7) is -0.759. The molecule has 1 aromatic heterocycles. The standard InChI is InChI=1S/C13H12FNO5/c1-18-10-3-7(6-14)8(4-11(10)19-2)9-5-12(13(16)17)20-15-9/h3-5H,6H2,1-2H3,(H,16,17). The van der Waals surface area contributed by atoms with Gasteiger partial charge < -0.3 is 19.1 Å². The molecule has 106 valence electrons. The monoisotopic (exact) mass is 281 g/mol. The van der Waals surface area contributed by atoms with Crippen LogP contribution in [0.2, 0.25) is 0 Å². The fourth-order valence-electron chi connectivity index (χ4n) is 1.77. The van der Waals surface area contributed by atoms with Crippen molar-refractivity contribution in [1.29, 1.82) is 0 Å². The predicted molar refractivity (Wildman–Crippen MR) is 66.8 cm³/mol. The minimum atomic E-state index is -1.24. The van der Waals surface area contributed by atoms with Gasteiger partial charge in [-0.3, -0.25) is 0 Å². The summed E-state index contributed by atoms with van der Waals surface area (Å²) in [6.07, 6.45) is 0. The van der Waals surface area contributed by atoms with Crippen molar-refractivity contribution >= 4 is 5.97 Å². The number of alkyl halides is 1. The fourth-order valence-corrected chi connectivity index (χ4v) is 1.77. The van der Waals surface area contributed by atoms with Crippen molar-refractivity contribution in [2.75, 3.05) is 14.2 Å². The summed E-state index contributed by atoms with van der Waals surface area (Å²) < 4.78 is 28.0. The molecule has 0 bridgehead atoms. The maximum atomic E-state index is 13.1. The molecule has 2 aromatic rings. The molecule has 0 aliphatic rings. The highest BCUT2D eigenvalue weighted by Gasteiger charge is 2.18. The molecule has 1 N–H and O–H groups in total. The van der Waals surface area contributed by atoms with E-state index in [1.165, 1.54) is 32.4 Å². The third kappa shape index (κ3) is 2.42. The molecule has 0 aliphatic heterocycles. The molecule has 0 spiro atoms. The molecule has 1 heterocycles. The van der Waals surface area contributed by atoms with Gasteiger partial charge in [0.25, 0.3) is 0 Å². The Labute approximate surface area is 113 Å². The highest BCUT2D eigenvalue weighted by atomic mass is 19.1. The summed E-state index contributed by atoms with van der Waals surface area (Å²) in [7, 11) is 2.89. The van der Waals surface area contributed by atoms with E-state index in [0.29, 0.717) is 22.6 Å². The Morgan fingerprint density at radius 3 is 2.45 bits per heavy atom. The Kier molecular flexibility index (Phi) is 3.88. The molecule has 0 amide bonds. The van der Waals surface area contributed by atoms with Crippen molar-refractivity contribution < 1.29 is 28.3 Å². The smallest absolute Gasteiger partial charge is 0.374 e. The van der Waals surface area contributed by atoms with E-state index in [2.05, 4.69) is 9.68 Å². The van der Waals surface area contributed by atoms with Crippen molar-refractivity contribution in [2.45, 2.75) is 6.67 Å². The topological polar surface area (TPSA) is 81.8 Å². The van der Waals surface area contributed by atoms with E-state index >= 15 is 0 Å². The third-order valence-corrected chi connectivity index (χ3v) is 2.75. The Morgan fingerprint density at radius 2 is 1.95 bits per heavy atom. The van der Waals surface area contributed by atoms with Gasteiger partial charge in [0.15, 0.2) is 11.5 Å². The lowest BCUT2D eigenvalue weighted by Gasteiger charge is -2.11. The van der Waals surface area contributed by atoms with Gasteiger partial charge in [0, 0.05) is 11.6 Å². The molecule has 6 nitrogen and oxygen atoms in total. The van der Waals surface area contributed by atoms with Gasteiger partial charge in [0.05, 0.1) is 14.2 Å². The third-order valence-electron chi connectivity index (χ3n) is 2.75. The van der Waals surface area contributed by atoms with Crippen LogP contribution in [0.15, 0.2) is 22.7 Å². The normalized spacial score (nSPS) is 10.3. The molecule has 0 fully saturated rings. The maximum absolute atomic E-state index is 13.1. The highest BCUT2D eigenvalue weighted by Crippen LogP contribution is 2.35. The molecule has 2 rings (SSSR count). The number of hydrogen-bond donors (Lipinski definition) is 1. The minimum Gasteiger partial charge on any atom is -0.493 e. The van der Waals surface area contributed by atoms with Crippen molar-refractivity contribution in [1.82, 2.24) is 5.16 Å². The molecule has 0 radical (unpaired) electrons. The number of benzene rings is 1. The molecular formula is C13H12FNO5. The average Bonchev–Trinajstić information content (AvgIpc) is 2.95. The highest BCUT2D eigenvalue weighted by molar-refractivity contribution is 5.86. The average molecular weight is 281 g/mol. The van der Waals surface area contributed by atoms with Crippen LogP contribution in [0.3, 0.4) is 0 Å². The Hall–Kier alpha value is -2.57. The summed E-state index contributed by atoms with van der Waals surface area (Å²) in [4.78, 5) is 10.8. The number of carbonyl (C=O) groups is 1. The molecule has 7 heteroatoms. The van der Waals surface area contributed by atoms with Crippen molar-refractivity contribution in [3.63, 3.8) is 0 Å². The molecule has 0 atom stereocenters. The number of nitrogens with zero attached hydrogens (tertiary/aromatic N) is 1. The van der Waals surface area contributed by atoms with Crippen molar-refractivity contribution in [2.24, 2.45) is 0 Å². The number of rotatable bonds is 5. The Morgan fingerprint density at radius 1 is 1.30 bits per heavy atom. The molecule has 0 unspecified atom stereocenters. The second kappa shape index (κ2) is 5.60. The minimum absolute atomic E-state index is 0.219. The molecule has 0 aliphatic carbocycles. The van der Waals surface area contributed by atoms with Gasteiger partial charge in [0.2, 0.25) is 5.76 Å². The van der Waals surface area contributed by atoms with Gasteiger partial charge in [-0.2, -0.15) is 0 Å². The van der Waals surface area contributed by atoms with Gasteiger partial charge in [-0.1, -0.05) is 5.16 Å². The number of aromatic carboxylic acids is 1. The quantitative estimate of drug-likeness (QED) is 0.906. The zero-order chi connectivity index (χ0) is 14.7. The van der Waals surface area contributed by atoms with Crippen LogP contribution in [0.25, 0.3) is 11.3 Å². The zero-order valence-electron chi connectivity index (χ0n) is 10.8. The summed E-state index contributed by atoms with van der Waals surface area (Å²) in [5.74, 6) is -0.795. The summed E-state index contributed by atoms with van der Waals surface area (Å²) in [6, 6.07) is 4.23. The first-order valence-electron chi connectivity index (χ1n) is 5.62. The number of methoxy groups -OCH3 is 2. The van der Waals surface area contributed by atoms with E-state index < -0.39 is 12.6 Å². The lowest BCUT2D eigenvalue weighted by molar-refractivity contribution is 0.0652. The van der Waals surface area contributed by atoms with Crippen LogP contribution in [0, 0.1) is 0 Å². The summed E-state index contributed by atoms with van der Waals surface area (Å²) >= 11 is 0. The first-order valence-corrected chi connectivity index (χ1v) is 5.62. The van der Waals surface area contributed by atoms with Crippen LogP contribution < -0.4 is 9.47 Å². The van der Waals surface area contributed by atoms with Crippen LogP contribution in [0.4, 0.5) is 4.39 Å². The number of hydrogen-bond acceptors (Lipinski definition) is 5. The molecular weight excluding hydrogens is 269 g/mol. The number of carboxylic acid groups (broad SMARTS) is 1. The summed E-state index contributed by atoms with van der Waals surface area (Å²) in [5.41, 5.74) is 0.908. The SMILES string of the molecule is COc1cc(CF)c(-c2cc(C(=O)O)on2)cc1OC. The van der Waals surface area contributed by atoms with Gasteiger partial charge in [-0.25, -0.2) is 9.18 Å². The fraction of sp³-hybridized carbons (Fsp3) is 0.231. The van der Waals surface area contributed by atoms with Crippen LogP contribution in [0.1, 0.15) is 16.1 Å². The van der Waals surface area contributed by atoms with Crippen LogP contribution in [-0.2, 0) is 6.67 Å². The van der Waals surface area contributed by atoms with Crippen molar-refractivity contribution in [3.05, 3.63) is 29.5 Å². The Balaban J connectivity index is 2.56. The van der Waals surface area contributed by atoms with Gasteiger partial charge in [-0.05, 0) is 17.7 Å². The Bertz CT molecular complexity index is 638. The number of carboxylic acids is 1. The van der Waals surface area contributed by atoms with E-state index in [9.17, 15) is 9.18 Å². The second-order valence-electron chi connectivity index (χ2n) is 3.88. The van der Waals surface area contributed by atoms with E-state index in [-0.39, 0.29) is 11.5 Å². The maximum Gasteiger partial charge on any atom is 0.374 e. The summed E-state index contributed by atoms with van der Waals surface area (Å²) in [5, 5.41) is 12.4. The molecule has 20 heavy (non-hydrogen) atoms. The predicted octanol–water partition coefficient (Wildman–Crippen LogP) is 2.53. The van der Waals surface area contributed by atoms with Crippen molar-refractivity contribution in [3.8, 4) is 22.8 Å². The number of aromatic nitrogens is 1. The zero-order valence-corrected chi connectivity index (χ0v) is 10.8. The van der Waals surface area contributed by atoms with Gasteiger partial charge >= 0.3 is 5.97 Å². The molecule has 0 saturated heterocycles. The van der Waals surface area contributed by atoms with Crippen LogP contribution in [0.5, 0.6) is 11.5 Å².